The smallest absolute Gasteiger partial charge is 0.338 e. The molecule has 0 aromatic heterocycles. The van der Waals surface area contributed by atoms with Crippen LogP contribution in [0, 0.1) is 0 Å². The molecule has 2 aliphatic heterocycles. The molecule has 24 heavy (non-hydrogen) atoms. The Morgan fingerprint density at radius 2 is 2.08 bits per heavy atom. The van der Waals surface area contributed by atoms with Crippen LogP contribution in [0.5, 0.6) is 5.75 Å². The highest BCUT2D eigenvalue weighted by Crippen LogP contribution is 2.43. The summed E-state index contributed by atoms with van der Waals surface area (Å²) in [6, 6.07) is 4.17. The van der Waals surface area contributed by atoms with Gasteiger partial charge in [0.2, 0.25) is 0 Å². The maximum absolute atomic E-state index is 14.4. The number of fused-ring (bicyclic) bond motifs is 1. The van der Waals surface area contributed by atoms with E-state index in [0.717, 1.165) is 0 Å². The third-order valence-electron chi connectivity index (χ3n) is 4.53. The van der Waals surface area contributed by atoms with Crippen molar-refractivity contribution in [3.63, 3.8) is 0 Å². The second-order valence-electron chi connectivity index (χ2n) is 5.86. The number of halogens is 5. The number of benzene rings is 1. The molecule has 1 aromatic rings. The summed E-state index contributed by atoms with van der Waals surface area (Å²) in [5.41, 5.74) is -1.92. The summed E-state index contributed by atoms with van der Waals surface area (Å²) in [6.07, 6.45) is -4.28. The third kappa shape index (κ3) is 2.66. The van der Waals surface area contributed by atoms with E-state index in [4.69, 9.17) is 11.6 Å². The summed E-state index contributed by atoms with van der Waals surface area (Å²) in [4.78, 5) is 5.55. The van der Waals surface area contributed by atoms with E-state index in [2.05, 4.69) is 10.3 Å². The molecule has 1 unspecified atom stereocenters. The number of aromatic hydroxyl groups is 1. The van der Waals surface area contributed by atoms with Gasteiger partial charge in [-0.3, -0.25) is 15.2 Å². The zero-order valence-electron chi connectivity index (χ0n) is 12.6. The molecule has 0 radical (unpaired) electrons. The summed E-state index contributed by atoms with van der Waals surface area (Å²) in [7, 11) is 0. The Kier molecular flexibility index (Phi) is 4.48. The maximum Gasteiger partial charge on any atom is 0.338 e. The molecular weight excluding hydrogens is 350 g/mol. The second-order valence-corrected chi connectivity index (χ2v) is 6.30. The van der Waals surface area contributed by atoms with Gasteiger partial charge in [-0.05, 0) is 18.2 Å². The molecule has 1 fully saturated rings. The van der Waals surface area contributed by atoms with E-state index in [1.807, 2.05) is 0 Å². The first kappa shape index (κ1) is 17.4. The number of alkyl halides is 4. The Morgan fingerprint density at radius 1 is 1.33 bits per heavy atom. The van der Waals surface area contributed by atoms with E-state index in [1.54, 1.807) is 0 Å². The highest BCUT2D eigenvalue weighted by molar-refractivity contribution is 6.31. The van der Waals surface area contributed by atoms with Crippen LogP contribution in [-0.2, 0) is 0 Å². The Balaban J connectivity index is 2.06. The first-order chi connectivity index (χ1) is 11.3. The summed E-state index contributed by atoms with van der Waals surface area (Å²) in [5.74, 6) is -4.46. The van der Waals surface area contributed by atoms with Gasteiger partial charge >= 0.3 is 12.3 Å². The molecule has 0 aliphatic carbocycles. The molecule has 132 valence electrons. The van der Waals surface area contributed by atoms with Crippen molar-refractivity contribution in [1.82, 2.24) is 10.2 Å². The molecule has 3 rings (SSSR count). The van der Waals surface area contributed by atoms with Crippen LogP contribution < -0.4 is 5.32 Å². The van der Waals surface area contributed by atoms with E-state index in [9.17, 15) is 22.7 Å². The van der Waals surface area contributed by atoms with Gasteiger partial charge in [0.1, 0.15) is 11.4 Å². The highest BCUT2D eigenvalue weighted by Gasteiger charge is 2.65. The molecule has 9 heteroatoms. The minimum Gasteiger partial charge on any atom is -0.507 e. The van der Waals surface area contributed by atoms with Crippen molar-refractivity contribution in [2.75, 3.05) is 26.2 Å². The average Bonchev–Trinajstić information content (AvgIpc) is 2.84. The van der Waals surface area contributed by atoms with Gasteiger partial charge in [0.05, 0.1) is 6.54 Å². The highest BCUT2D eigenvalue weighted by atomic mass is 35.5. The number of aliphatic imine (C=N–C) groups is 1. The minimum atomic E-state index is -4.27. The molecule has 2 aliphatic rings. The van der Waals surface area contributed by atoms with Crippen molar-refractivity contribution < 1.29 is 22.7 Å². The lowest BCUT2D eigenvalue weighted by atomic mass is 9.91. The molecule has 1 aromatic carbocycles. The van der Waals surface area contributed by atoms with Crippen LogP contribution in [0.4, 0.5) is 17.6 Å². The van der Waals surface area contributed by atoms with Crippen molar-refractivity contribution in [2.24, 2.45) is 4.99 Å². The lowest BCUT2D eigenvalue weighted by Gasteiger charge is -2.42. The van der Waals surface area contributed by atoms with Gasteiger partial charge in [-0.2, -0.15) is 8.78 Å². The molecule has 2 N–H and O–H groups in total. The normalized spacial score (nSPS) is 25.5. The number of phenols is 1. The largest absolute Gasteiger partial charge is 0.507 e. The van der Waals surface area contributed by atoms with Gasteiger partial charge < -0.3 is 5.11 Å². The number of hydrogen-bond acceptors (Lipinski definition) is 4. The number of hydrogen-bond donors (Lipinski definition) is 2. The van der Waals surface area contributed by atoms with Gasteiger partial charge in [-0.25, -0.2) is 8.78 Å². The number of phenolic OH excluding ortho intramolecular Hbond substituents is 1. The fraction of sp³-hybridized carbons (Fsp3) is 0.533. The lowest BCUT2D eigenvalue weighted by Crippen LogP contribution is -2.67. The number of nitrogens with zero attached hydrogens (tertiary/aromatic N) is 2. The molecule has 1 saturated heterocycles. The fourth-order valence-corrected chi connectivity index (χ4v) is 3.50. The van der Waals surface area contributed by atoms with Gasteiger partial charge in [0, 0.05) is 42.4 Å². The molecule has 1 atom stereocenters. The van der Waals surface area contributed by atoms with Crippen LogP contribution in [0.1, 0.15) is 12.0 Å². The second kappa shape index (κ2) is 6.16. The van der Waals surface area contributed by atoms with Gasteiger partial charge in [0.25, 0.3) is 0 Å². The van der Waals surface area contributed by atoms with Crippen LogP contribution in [0.2, 0.25) is 5.02 Å². The third-order valence-corrected chi connectivity index (χ3v) is 4.76. The SMILES string of the molecule is Oc1ccc(Cl)cc1C1=NCCN2CCNC2(C(F)(F)C(F)F)C1. The number of nitrogens with one attached hydrogen (secondary N) is 1. The quantitative estimate of drug-likeness (QED) is 0.810. The zero-order valence-corrected chi connectivity index (χ0v) is 13.3. The van der Waals surface area contributed by atoms with Crippen molar-refractivity contribution in [3.8, 4) is 5.75 Å². The molecule has 0 amide bonds. The Morgan fingerprint density at radius 3 is 2.79 bits per heavy atom. The van der Waals surface area contributed by atoms with E-state index < -0.39 is 24.4 Å². The molecule has 2 heterocycles. The Hall–Kier alpha value is -1.38. The summed E-state index contributed by atoms with van der Waals surface area (Å²) in [5, 5.41) is 12.9. The summed E-state index contributed by atoms with van der Waals surface area (Å²) < 4.78 is 55.1. The zero-order chi connectivity index (χ0) is 17.5. The van der Waals surface area contributed by atoms with Gasteiger partial charge in [-0.15, -0.1) is 0 Å². The van der Waals surface area contributed by atoms with Crippen molar-refractivity contribution >= 4 is 17.3 Å². The molecule has 0 bridgehead atoms. The van der Waals surface area contributed by atoms with Crippen molar-refractivity contribution in [2.45, 2.75) is 24.4 Å². The molecule has 0 saturated carbocycles. The van der Waals surface area contributed by atoms with E-state index in [-0.39, 0.29) is 43.2 Å². The van der Waals surface area contributed by atoms with Gasteiger partial charge in [0.15, 0.2) is 0 Å². The predicted octanol–water partition coefficient (Wildman–Crippen LogP) is 2.74. The predicted molar refractivity (Wildman–Crippen MR) is 82.4 cm³/mol. The van der Waals surface area contributed by atoms with Crippen LogP contribution in [0.15, 0.2) is 23.2 Å². The first-order valence-corrected chi connectivity index (χ1v) is 7.84. The summed E-state index contributed by atoms with van der Waals surface area (Å²) in [6.45, 7) is 0.702. The van der Waals surface area contributed by atoms with Crippen LogP contribution >= 0.6 is 11.6 Å². The fourth-order valence-electron chi connectivity index (χ4n) is 3.33. The van der Waals surface area contributed by atoms with Crippen LogP contribution in [0.25, 0.3) is 0 Å². The van der Waals surface area contributed by atoms with Crippen LogP contribution in [-0.4, -0.2) is 59.9 Å². The van der Waals surface area contributed by atoms with E-state index in [1.165, 1.54) is 23.1 Å². The van der Waals surface area contributed by atoms with Crippen molar-refractivity contribution in [3.05, 3.63) is 28.8 Å². The molecule has 4 nitrogen and oxygen atoms in total. The standard InChI is InChI=1S/C15H16ClF4N3O/c16-9-1-2-12(24)10(7-9)11-8-14(15(19,20)13(17)18)22-4-6-23(14)5-3-21-11/h1-2,7,13,22,24H,3-6,8H2. The molecular formula is C15H16ClF4N3O. The molecule has 0 spiro atoms. The van der Waals surface area contributed by atoms with Gasteiger partial charge in [-0.1, -0.05) is 11.6 Å². The maximum atomic E-state index is 14.4. The topological polar surface area (TPSA) is 47.9 Å². The monoisotopic (exact) mass is 365 g/mol. The number of rotatable bonds is 3. The van der Waals surface area contributed by atoms with E-state index >= 15 is 0 Å². The first-order valence-electron chi connectivity index (χ1n) is 7.46. The van der Waals surface area contributed by atoms with Crippen LogP contribution in [0.3, 0.4) is 0 Å². The van der Waals surface area contributed by atoms with Crippen molar-refractivity contribution in [1.29, 1.82) is 0 Å². The summed E-state index contributed by atoms with van der Waals surface area (Å²) >= 11 is 5.90. The minimum absolute atomic E-state index is 0.125. The lowest BCUT2D eigenvalue weighted by molar-refractivity contribution is -0.212. The Bertz CT molecular complexity index is 670. The average molecular weight is 366 g/mol. The van der Waals surface area contributed by atoms with E-state index in [0.29, 0.717) is 5.02 Å². The Labute approximate surface area is 141 Å².